The fraction of sp³-hybridized carbons (Fsp3) is 0.267. The molecule has 1 amide bonds. The molecule has 2 N–H and O–H groups in total. The number of aliphatic carboxylic acids is 1. The van der Waals surface area contributed by atoms with Gasteiger partial charge in [-0.1, -0.05) is 37.6 Å². The van der Waals surface area contributed by atoms with E-state index in [2.05, 4.69) is 10.3 Å². The Morgan fingerprint density at radius 1 is 1.27 bits per heavy atom. The van der Waals surface area contributed by atoms with Crippen LogP contribution in [0.15, 0.2) is 29.6 Å². The number of rotatable bonds is 5. The lowest BCUT2D eigenvalue weighted by Gasteiger charge is -2.14. The molecule has 1 heterocycles. The molecule has 0 spiro atoms. The summed E-state index contributed by atoms with van der Waals surface area (Å²) in [5.41, 5.74) is 0.679. The van der Waals surface area contributed by atoms with E-state index in [0.29, 0.717) is 10.6 Å². The molecule has 7 heteroatoms. The first kappa shape index (κ1) is 16.5. The van der Waals surface area contributed by atoms with Gasteiger partial charge in [-0.25, -0.2) is 9.78 Å². The Balaban J connectivity index is 2.18. The van der Waals surface area contributed by atoms with Crippen LogP contribution in [0.5, 0.6) is 0 Å². The molecule has 0 saturated heterocycles. The van der Waals surface area contributed by atoms with Crippen molar-refractivity contribution in [3.05, 3.63) is 50.9 Å². The fourth-order valence-electron chi connectivity index (χ4n) is 1.80. The average molecular weight is 339 g/mol. The third-order valence-corrected chi connectivity index (χ3v) is 4.37. The number of thiazole rings is 1. The highest BCUT2D eigenvalue weighted by Crippen LogP contribution is 2.21. The van der Waals surface area contributed by atoms with Gasteiger partial charge in [-0.05, 0) is 17.7 Å². The van der Waals surface area contributed by atoms with E-state index in [0.717, 1.165) is 5.01 Å². The number of carbonyl (C=O) groups is 2. The summed E-state index contributed by atoms with van der Waals surface area (Å²) in [6.07, 6.45) is 0. The van der Waals surface area contributed by atoms with Crippen LogP contribution < -0.4 is 5.32 Å². The van der Waals surface area contributed by atoms with Crippen molar-refractivity contribution in [1.82, 2.24) is 10.3 Å². The van der Waals surface area contributed by atoms with E-state index in [1.807, 2.05) is 13.8 Å². The number of carboxylic acid groups (broad SMARTS) is 1. The summed E-state index contributed by atoms with van der Waals surface area (Å²) in [4.78, 5) is 27.8. The van der Waals surface area contributed by atoms with Gasteiger partial charge in [0.1, 0.15) is 5.69 Å². The van der Waals surface area contributed by atoms with Crippen molar-refractivity contribution in [3.63, 3.8) is 0 Å². The molecule has 0 fully saturated rings. The highest BCUT2D eigenvalue weighted by molar-refractivity contribution is 7.09. The Morgan fingerprint density at radius 2 is 1.91 bits per heavy atom. The second-order valence-electron chi connectivity index (χ2n) is 5.02. The van der Waals surface area contributed by atoms with Crippen LogP contribution in [0.3, 0.4) is 0 Å². The zero-order chi connectivity index (χ0) is 16.3. The van der Waals surface area contributed by atoms with Crippen LogP contribution in [0.2, 0.25) is 5.02 Å². The van der Waals surface area contributed by atoms with Crippen LogP contribution in [-0.4, -0.2) is 22.0 Å². The maximum absolute atomic E-state index is 12.2. The van der Waals surface area contributed by atoms with Crippen LogP contribution in [0.4, 0.5) is 0 Å². The summed E-state index contributed by atoms with van der Waals surface area (Å²) >= 11 is 7.17. The molecule has 2 rings (SSSR count). The largest absolute Gasteiger partial charge is 0.479 e. The van der Waals surface area contributed by atoms with Crippen molar-refractivity contribution in [2.24, 2.45) is 0 Å². The molecular weight excluding hydrogens is 324 g/mol. The first-order chi connectivity index (χ1) is 10.4. The van der Waals surface area contributed by atoms with Crippen molar-refractivity contribution < 1.29 is 14.7 Å². The fourth-order valence-corrected chi connectivity index (χ4v) is 2.75. The Hall–Kier alpha value is -1.92. The van der Waals surface area contributed by atoms with E-state index < -0.39 is 17.9 Å². The summed E-state index contributed by atoms with van der Waals surface area (Å²) in [5, 5.41) is 14.8. The number of nitrogens with zero attached hydrogens (tertiary/aromatic N) is 1. The summed E-state index contributed by atoms with van der Waals surface area (Å²) in [6.45, 7) is 3.96. The first-order valence-corrected chi connectivity index (χ1v) is 7.88. The van der Waals surface area contributed by atoms with Crippen molar-refractivity contribution in [2.75, 3.05) is 0 Å². The summed E-state index contributed by atoms with van der Waals surface area (Å²) in [7, 11) is 0. The Bertz CT molecular complexity index is 682. The highest BCUT2D eigenvalue weighted by atomic mass is 35.5. The molecule has 0 radical (unpaired) electrons. The number of amides is 1. The maximum Gasteiger partial charge on any atom is 0.330 e. The van der Waals surface area contributed by atoms with Crippen LogP contribution in [0, 0.1) is 0 Å². The van der Waals surface area contributed by atoms with E-state index in [1.165, 1.54) is 11.3 Å². The molecule has 1 atom stereocenters. The van der Waals surface area contributed by atoms with Gasteiger partial charge in [-0.15, -0.1) is 11.3 Å². The number of benzene rings is 1. The third-order valence-electron chi connectivity index (χ3n) is 2.97. The number of halogens is 1. The maximum atomic E-state index is 12.2. The van der Waals surface area contributed by atoms with E-state index in [9.17, 15) is 14.7 Å². The third kappa shape index (κ3) is 3.84. The lowest BCUT2D eigenvalue weighted by atomic mass is 10.1. The molecule has 116 valence electrons. The molecule has 2 aromatic rings. The number of nitrogens with one attached hydrogen (secondary N) is 1. The quantitative estimate of drug-likeness (QED) is 0.874. The minimum Gasteiger partial charge on any atom is -0.479 e. The van der Waals surface area contributed by atoms with E-state index >= 15 is 0 Å². The number of aromatic nitrogens is 1. The van der Waals surface area contributed by atoms with E-state index in [4.69, 9.17) is 11.6 Å². The predicted molar refractivity (Wildman–Crippen MR) is 85.5 cm³/mol. The summed E-state index contributed by atoms with van der Waals surface area (Å²) in [6, 6.07) is 5.16. The summed E-state index contributed by atoms with van der Waals surface area (Å²) < 4.78 is 0. The zero-order valence-corrected chi connectivity index (χ0v) is 13.6. The Morgan fingerprint density at radius 3 is 2.41 bits per heavy atom. The van der Waals surface area contributed by atoms with Crippen LogP contribution >= 0.6 is 22.9 Å². The Labute approximate surface area is 137 Å². The average Bonchev–Trinajstić information content (AvgIpc) is 2.95. The van der Waals surface area contributed by atoms with E-state index in [1.54, 1.807) is 29.6 Å². The van der Waals surface area contributed by atoms with Gasteiger partial charge in [-0.2, -0.15) is 0 Å². The van der Waals surface area contributed by atoms with Gasteiger partial charge < -0.3 is 10.4 Å². The van der Waals surface area contributed by atoms with Gasteiger partial charge in [0, 0.05) is 16.3 Å². The number of hydrogen-bond acceptors (Lipinski definition) is 4. The molecule has 1 unspecified atom stereocenters. The second kappa shape index (κ2) is 6.89. The van der Waals surface area contributed by atoms with Gasteiger partial charge in [0.05, 0.1) is 5.01 Å². The van der Waals surface area contributed by atoms with Gasteiger partial charge in [0.25, 0.3) is 5.91 Å². The molecule has 0 saturated carbocycles. The number of hydrogen-bond donors (Lipinski definition) is 2. The van der Waals surface area contributed by atoms with Crippen LogP contribution in [-0.2, 0) is 4.79 Å². The lowest BCUT2D eigenvalue weighted by molar-refractivity contribution is -0.139. The molecular formula is C15H15ClN2O3S. The van der Waals surface area contributed by atoms with Gasteiger partial charge in [0.15, 0.2) is 6.04 Å². The van der Waals surface area contributed by atoms with Crippen LogP contribution in [0.25, 0.3) is 0 Å². The van der Waals surface area contributed by atoms with Crippen LogP contribution in [0.1, 0.15) is 46.9 Å². The molecule has 1 aromatic carbocycles. The molecule has 0 aliphatic heterocycles. The standard InChI is InChI=1S/C15H15ClN2O3S/c1-8(2)14-17-11(7-22-14)13(19)18-12(15(20)21)9-3-5-10(16)6-4-9/h3-8,12H,1-2H3,(H,18,19)(H,20,21). The molecule has 0 aliphatic carbocycles. The monoisotopic (exact) mass is 338 g/mol. The highest BCUT2D eigenvalue weighted by Gasteiger charge is 2.24. The minimum atomic E-state index is -1.14. The van der Waals surface area contributed by atoms with Gasteiger partial charge >= 0.3 is 5.97 Å². The van der Waals surface area contributed by atoms with Gasteiger partial charge in [0.2, 0.25) is 0 Å². The normalized spacial score (nSPS) is 12.2. The van der Waals surface area contributed by atoms with Crippen molar-refractivity contribution >= 4 is 34.8 Å². The predicted octanol–water partition coefficient (Wildman–Crippen LogP) is 3.48. The topological polar surface area (TPSA) is 79.3 Å². The van der Waals surface area contributed by atoms with E-state index in [-0.39, 0.29) is 11.6 Å². The first-order valence-electron chi connectivity index (χ1n) is 6.63. The summed E-state index contributed by atoms with van der Waals surface area (Å²) in [5.74, 6) is -1.43. The molecule has 22 heavy (non-hydrogen) atoms. The second-order valence-corrected chi connectivity index (χ2v) is 6.35. The lowest BCUT2D eigenvalue weighted by Crippen LogP contribution is -2.33. The van der Waals surface area contributed by atoms with Crippen molar-refractivity contribution in [3.8, 4) is 0 Å². The zero-order valence-electron chi connectivity index (χ0n) is 12.0. The minimum absolute atomic E-state index is 0.220. The van der Waals surface area contributed by atoms with Crippen molar-refractivity contribution in [1.29, 1.82) is 0 Å². The Kier molecular flexibility index (Phi) is 5.15. The van der Waals surface area contributed by atoms with Crippen molar-refractivity contribution in [2.45, 2.75) is 25.8 Å². The SMILES string of the molecule is CC(C)c1nc(C(=O)NC(C(=O)O)c2ccc(Cl)cc2)cs1. The molecule has 1 aromatic heterocycles. The molecule has 0 aliphatic rings. The molecule has 5 nitrogen and oxygen atoms in total. The molecule has 0 bridgehead atoms. The number of carboxylic acids is 1. The number of carbonyl (C=O) groups excluding carboxylic acids is 1. The van der Waals surface area contributed by atoms with Gasteiger partial charge in [-0.3, -0.25) is 4.79 Å². The smallest absolute Gasteiger partial charge is 0.330 e.